The largest absolute Gasteiger partial charge is 0.462 e. The molecule has 6 rings (SSSR count). The molecule has 3 aromatic carbocycles. The highest BCUT2D eigenvalue weighted by atomic mass is 16.3. The minimum atomic E-state index is -0.0464. The summed E-state index contributed by atoms with van der Waals surface area (Å²) >= 11 is 0. The molecule has 3 heteroatoms. The van der Waals surface area contributed by atoms with Crippen LogP contribution in [0.3, 0.4) is 0 Å². The van der Waals surface area contributed by atoms with E-state index in [2.05, 4.69) is 94.4 Å². The van der Waals surface area contributed by atoms with Crippen LogP contribution in [0.5, 0.6) is 0 Å². The lowest BCUT2D eigenvalue weighted by Crippen LogP contribution is -2.13. The van der Waals surface area contributed by atoms with Crippen LogP contribution in [0.2, 0.25) is 0 Å². The average Bonchev–Trinajstić information content (AvgIpc) is 3.32. The van der Waals surface area contributed by atoms with E-state index in [0.29, 0.717) is 0 Å². The molecule has 0 aliphatic rings. The van der Waals surface area contributed by atoms with Crippen molar-refractivity contribution in [2.45, 2.75) is 33.1 Å². The van der Waals surface area contributed by atoms with Crippen molar-refractivity contribution in [3.8, 4) is 22.4 Å². The molecule has 3 aromatic heterocycles. The summed E-state index contributed by atoms with van der Waals surface area (Å²) in [5, 5.41) is 4.63. The zero-order valence-corrected chi connectivity index (χ0v) is 19.9. The SMILES string of the molecule is Cc1cc(-c2ccnc(-c3cc4ccoc4c4nc(C(C)(C)C)ccc34)c2)cc2ccccc12. The molecule has 6 aromatic rings. The summed E-state index contributed by atoms with van der Waals surface area (Å²) in [5.74, 6) is 0. The maximum absolute atomic E-state index is 5.85. The zero-order valence-electron chi connectivity index (χ0n) is 19.9. The van der Waals surface area contributed by atoms with Gasteiger partial charge in [-0.2, -0.15) is 0 Å². The molecule has 0 atom stereocenters. The van der Waals surface area contributed by atoms with E-state index in [1.165, 1.54) is 21.9 Å². The molecule has 3 nitrogen and oxygen atoms in total. The summed E-state index contributed by atoms with van der Waals surface area (Å²) in [4.78, 5) is 9.81. The molecule has 0 spiro atoms. The van der Waals surface area contributed by atoms with Gasteiger partial charge in [-0.1, -0.05) is 57.2 Å². The number of aromatic nitrogens is 2. The van der Waals surface area contributed by atoms with Gasteiger partial charge in [-0.25, -0.2) is 4.98 Å². The van der Waals surface area contributed by atoms with Crippen molar-refractivity contribution in [2.75, 3.05) is 0 Å². The number of benzene rings is 3. The smallest absolute Gasteiger partial charge is 0.160 e. The normalized spacial score (nSPS) is 12.1. The van der Waals surface area contributed by atoms with Crippen molar-refractivity contribution in [3.63, 3.8) is 0 Å². The molecular formula is C31H26N2O. The van der Waals surface area contributed by atoms with Crippen LogP contribution < -0.4 is 0 Å². The molecule has 0 saturated heterocycles. The van der Waals surface area contributed by atoms with E-state index in [-0.39, 0.29) is 5.41 Å². The van der Waals surface area contributed by atoms with Gasteiger partial charge in [-0.05, 0) is 70.8 Å². The van der Waals surface area contributed by atoms with E-state index in [9.17, 15) is 0 Å². The molecule has 0 radical (unpaired) electrons. The standard InChI is InChI=1S/C31H26N2O/c1-19-15-23(16-21-7-5-6-8-24(19)21)20-11-13-32-27(18-20)26-17-22-12-14-34-30(22)29-25(26)9-10-28(33-29)31(2,3)4/h5-18H,1-4H3. The Labute approximate surface area is 199 Å². The van der Waals surface area contributed by atoms with Crippen LogP contribution in [0.1, 0.15) is 32.0 Å². The van der Waals surface area contributed by atoms with Crippen LogP contribution in [-0.2, 0) is 5.41 Å². The minimum absolute atomic E-state index is 0.0464. The first-order valence-corrected chi connectivity index (χ1v) is 11.7. The summed E-state index contributed by atoms with van der Waals surface area (Å²) in [6.07, 6.45) is 3.64. The maximum Gasteiger partial charge on any atom is 0.160 e. The third kappa shape index (κ3) is 3.36. The summed E-state index contributed by atoms with van der Waals surface area (Å²) in [6.45, 7) is 8.72. The van der Waals surface area contributed by atoms with Gasteiger partial charge in [0.1, 0.15) is 5.52 Å². The molecule has 0 amide bonds. The van der Waals surface area contributed by atoms with Crippen LogP contribution in [0.4, 0.5) is 0 Å². The van der Waals surface area contributed by atoms with Crippen LogP contribution in [0, 0.1) is 6.92 Å². The van der Waals surface area contributed by atoms with Gasteiger partial charge in [0.05, 0.1) is 12.0 Å². The first kappa shape index (κ1) is 20.6. The fourth-order valence-electron chi connectivity index (χ4n) is 4.76. The van der Waals surface area contributed by atoms with E-state index >= 15 is 0 Å². The van der Waals surface area contributed by atoms with Gasteiger partial charge >= 0.3 is 0 Å². The Morgan fingerprint density at radius 3 is 2.47 bits per heavy atom. The Kier molecular flexibility index (Phi) is 4.56. The number of pyridine rings is 2. The van der Waals surface area contributed by atoms with Crippen LogP contribution >= 0.6 is 0 Å². The Hall–Kier alpha value is -3.98. The van der Waals surface area contributed by atoms with Gasteiger partial charge in [0.2, 0.25) is 0 Å². The van der Waals surface area contributed by atoms with E-state index in [4.69, 9.17) is 14.4 Å². The number of hydrogen-bond donors (Lipinski definition) is 0. The van der Waals surface area contributed by atoms with Crippen molar-refractivity contribution in [1.29, 1.82) is 0 Å². The van der Waals surface area contributed by atoms with Crippen molar-refractivity contribution in [3.05, 3.63) is 96.5 Å². The molecule has 0 bridgehead atoms. The number of rotatable bonds is 2. The molecular weight excluding hydrogens is 416 g/mol. The Balaban J connectivity index is 1.56. The second-order valence-corrected chi connectivity index (χ2v) is 10.0. The van der Waals surface area contributed by atoms with Crippen molar-refractivity contribution in [1.82, 2.24) is 9.97 Å². The lowest BCUT2D eigenvalue weighted by atomic mass is 9.90. The quantitative estimate of drug-likeness (QED) is 0.270. The molecule has 0 N–H and O–H groups in total. The lowest BCUT2D eigenvalue weighted by Gasteiger charge is -2.18. The first-order valence-electron chi connectivity index (χ1n) is 11.7. The fraction of sp³-hybridized carbons (Fsp3) is 0.161. The van der Waals surface area contributed by atoms with Gasteiger partial charge in [0, 0.05) is 33.6 Å². The molecule has 0 unspecified atom stereocenters. The van der Waals surface area contributed by atoms with Gasteiger partial charge in [0.15, 0.2) is 5.58 Å². The monoisotopic (exact) mass is 442 g/mol. The fourth-order valence-corrected chi connectivity index (χ4v) is 4.76. The van der Waals surface area contributed by atoms with Crippen LogP contribution in [0.15, 0.2) is 89.7 Å². The number of furan rings is 1. The number of nitrogens with zero attached hydrogens (tertiary/aromatic N) is 2. The maximum atomic E-state index is 5.85. The van der Waals surface area contributed by atoms with Crippen molar-refractivity contribution < 1.29 is 4.42 Å². The molecule has 34 heavy (non-hydrogen) atoms. The minimum Gasteiger partial charge on any atom is -0.462 e. The van der Waals surface area contributed by atoms with Crippen molar-refractivity contribution in [2.24, 2.45) is 0 Å². The molecule has 3 heterocycles. The highest BCUT2D eigenvalue weighted by molar-refractivity contribution is 6.09. The third-order valence-electron chi connectivity index (χ3n) is 6.60. The predicted molar refractivity (Wildman–Crippen MR) is 141 cm³/mol. The van der Waals surface area contributed by atoms with Crippen LogP contribution in [-0.4, -0.2) is 9.97 Å². The summed E-state index contributed by atoms with van der Waals surface area (Å²) in [7, 11) is 0. The Bertz CT molecular complexity index is 1700. The molecule has 0 fully saturated rings. The Morgan fingerprint density at radius 1 is 0.765 bits per heavy atom. The summed E-state index contributed by atoms with van der Waals surface area (Å²) < 4.78 is 5.85. The molecule has 0 aliphatic heterocycles. The van der Waals surface area contributed by atoms with E-state index in [1.807, 2.05) is 12.3 Å². The first-order chi connectivity index (χ1) is 16.4. The summed E-state index contributed by atoms with van der Waals surface area (Å²) in [6, 6.07) is 25.8. The van der Waals surface area contributed by atoms with Gasteiger partial charge in [0.25, 0.3) is 0 Å². The Morgan fingerprint density at radius 2 is 1.62 bits per heavy atom. The van der Waals surface area contributed by atoms with Gasteiger partial charge < -0.3 is 4.42 Å². The predicted octanol–water partition coefficient (Wildman–Crippen LogP) is 8.47. The zero-order chi connectivity index (χ0) is 23.4. The summed E-state index contributed by atoms with van der Waals surface area (Å²) in [5.41, 5.74) is 8.33. The van der Waals surface area contributed by atoms with Gasteiger partial charge in [-0.3, -0.25) is 4.98 Å². The molecule has 0 aliphatic carbocycles. The highest BCUT2D eigenvalue weighted by Gasteiger charge is 2.19. The highest BCUT2D eigenvalue weighted by Crippen LogP contribution is 2.37. The van der Waals surface area contributed by atoms with Crippen molar-refractivity contribution >= 4 is 32.6 Å². The second-order valence-electron chi connectivity index (χ2n) is 10.0. The average molecular weight is 443 g/mol. The number of aryl methyl sites for hydroxylation is 1. The lowest BCUT2D eigenvalue weighted by molar-refractivity contribution is 0.570. The van der Waals surface area contributed by atoms with E-state index in [1.54, 1.807) is 6.26 Å². The molecule has 0 saturated carbocycles. The van der Waals surface area contributed by atoms with E-state index in [0.717, 1.165) is 44.4 Å². The van der Waals surface area contributed by atoms with E-state index < -0.39 is 0 Å². The van der Waals surface area contributed by atoms with Crippen LogP contribution in [0.25, 0.3) is 55.0 Å². The number of hydrogen-bond acceptors (Lipinski definition) is 3. The topological polar surface area (TPSA) is 38.9 Å². The number of fused-ring (bicyclic) bond motifs is 4. The van der Waals surface area contributed by atoms with Gasteiger partial charge in [-0.15, -0.1) is 0 Å². The second kappa shape index (κ2) is 7.53. The molecule has 166 valence electrons. The third-order valence-corrected chi connectivity index (χ3v) is 6.60.